The number of ether oxygens (including phenoxy) is 2. The van der Waals surface area contributed by atoms with Crippen LogP contribution < -0.4 is 16.2 Å². The van der Waals surface area contributed by atoms with Crippen LogP contribution in [0.15, 0.2) is 0 Å². The first kappa shape index (κ1) is 14.2. The molecule has 100 valence electrons. The molecule has 0 radical (unpaired) electrons. The number of nitrogens with one attached hydrogen (secondary N) is 3. The van der Waals surface area contributed by atoms with Crippen LogP contribution in [0.2, 0.25) is 0 Å². The lowest BCUT2D eigenvalue weighted by Gasteiger charge is -2.32. The molecule has 3 N–H and O–H groups in total. The van der Waals surface area contributed by atoms with E-state index in [1.54, 1.807) is 7.11 Å². The molecule has 0 aromatic rings. The van der Waals surface area contributed by atoms with E-state index in [1.165, 1.54) is 0 Å². The van der Waals surface area contributed by atoms with E-state index < -0.39 is 11.7 Å². The highest BCUT2D eigenvalue weighted by atomic mass is 16.6. The minimum atomic E-state index is -0.489. The molecule has 6 nitrogen and oxygen atoms in total. The van der Waals surface area contributed by atoms with Gasteiger partial charge in [-0.1, -0.05) is 0 Å². The topological polar surface area (TPSA) is 71.6 Å². The summed E-state index contributed by atoms with van der Waals surface area (Å²) in [4.78, 5) is 11.4. The number of hydrazine groups is 1. The van der Waals surface area contributed by atoms with Crippen molar-refractivity contribution in [1.82, 2.24) is 16.2 Å². The zero-order valence-electron chi connectivity index (χ0n) is 11.0. The smallest absolute Gasteiger partial charge is 0.422 e. The molecule has 1 aliphatic rings. The Kier molecular flexibility index (Phi) is 5.17. The van der Waals surface area contributed by atoms with Crippen LogP contribution in [0.3, 0.4) is 0 Å². The van der Waals surface area contributed by atoms with Crippen LogP contribution in [0.1, 0.15) is 27.2 Å². The Bertz CT molecular complexity index is 253. The number of hydrogen-bond acceptors (Lipinski definition) is 5. The molecular weight excluding hydrogens is 222 g/mol. The van der Waals surface area contributed by atoms with Crippen molar-refractivity contribution >= 4 is 6.09 Å². The average Bonchev–Trinajstić information content (AvgIpc) is 2.24. The normalized spacial score (nSPS) is 25.4. The van der Waals surface area contributed by atoms with Gasteiger partial charge in [0.15, 0.2) is 0 Å². The third kappa shape index (κ3) is 5.34. The van der Waals surface area contributed by atoms with E-state index in [1.807, 2.05) is 20.8 Å². The molecule has 0 saturated carbocycles. The van der Waals surface area contributed by atoms with Crippen LogP contribution in [0.25, 0.3) is 0 Å². The summed E-state index contributed by atoms with van der Waals surface area (Å²) in [5, 5.41) is 3.24. The Morgan fingerprint density at radius 2 is 2.12 bits per heavy atom. The van der Waals surface area contributed by atoms with E-state index in [9.17, 15) is 4.79 Å². The molecule has 1 heterocycles. The standard InChI is InChI=1S/C11H23N3O3/c1-11(2,3)17-10(15)14-13-8-7-12-6-5-9(8)16-4/h8-9,12-13H,5-7H2,1-4H3,(H,14,15)/t8-,9-/m1/s1. The quantitative estimate of drug-likeness (QED) is 0.628. The van der Waals surface area contributed by atoms with Crippen molar-refractivity contribution in [3.8, 4) is 0 Å². The van der Waals surface area contributed by atoms with Crippen molar-refractivity contribution in [1.29, 1.82) is 0 Å². The van der Waals surface area contributed by atoms with Gasteiger partial charge in [0.25, 0.3) is 0 Å². The van der Waals surface area contributed by atoms with E-state index in [0.29, 0.717) is 0 Å². The van der Waals surface area contributed by atoms with Gasteiger partial charge in [-0.15, -0.1) is 0 Å². The molecule has 1 saturated heterocycles. The third-order valence-corrected chi connectivity index (χ3v) is 2.48. The molecule has 1 aliphatic heterocycles. The van der Waals surface area contributed by atoms with Gasteiger partial charge < -0.3 is 14.8 Å². The van der Waals surface area contributed by atoms with Crippen molar-refractivity contribution in [2.45, 2.75) is 44.9 Å². The molecule has 6 heteroatoms. The van der Waals surface area contributed by atoms with E-state index in [-0.39, 0.29) is 12.1 Å². The number of methoxy groups -OCH3 is 1. The van der Waals surface area contributed by atoms with Crippen LogP contribution in [0.5, 0.6) is 0 Å². The molecule has 0 unspecified atom stereocenters. The van der Waals surface area contributed by atoms with Gasteiger partial charge in [-0.25, -0.2) is 10.2 Å². The molecule has 0 bridgehead atoms. The lowest BCUT2D eigenvalue weighted by atomic mass is 10.1. The van der Waals surface area contributed by atoms with Crippen LogP contribution >= 0.6 is 0 Å². The SMILES string of the molecule is CO[C@@H]1CCNC[C@H]1NNC(=O)OC(C)(C)C. The molecule has 2 atom stereocenters. The fourth-order valence-electron chi connectivity index (χ4n) is 1.72. The van der Waals surface area contributed by atoms with Crippen LogP contribution in [-0.4, -0.2) is 44.0 Å². The third-order valence-electron chi connectivity index (χ3n) is 2.48. The van der Waals surface area contributed by atoms with Gasteiger partial charge >= 0.3 is 6.09 Å². The lowest BCUT2D eigenvalue weighted by molar-refractivity contribution is 0.0297. The number of hydrogen-bond donors (Lipinski definition) is 3. The molecule has 0 aliphatic carbocycles. The lowest BCUT2D eigenvalue weighted by Crippen LogP contribution is -2.58. The van der Waals surface area contributed by atoms with Crippen LogP contribution in [-0.2, 0) is 9.47 Å². The van der Waals surface area contributed by atoms with E-state index >= 15 is 0 Å². The highest BCUT2D eigenvalue weighted by Gasteiger charge is 2.25. The summed E-state index contributed by atoms with van der Waals surface area (Å²) in [6, 6.07) is 0.0567. The van der Waals surface area contributed by atoms with Gasteiger partial charge in [0.1, 0.15) is 5.60 Å². The zero-order valence-corrected chi connectivity index (χ0v) is 11.0. The maximum absolute atomic E-state index is 11.4. The first-order chi connectivity index (χ1) is 7.92. The van der Waals surface area contributed by atoms with Gasteiger partial charge in [0.05, 0.1) is 12.1 Å². The Hall–Kier alpha value is -0.850. The maximum atomic E-state index is 11.4. The summed E-state index contributed by atoms with van der Waals surface area (Å²) in [5.74, 6) is 0. The summed E-state index contributed by atoms with van der Waals surface area (Å²) >= 11 is 0. The summed E-state index contributed by atoms with van der Waals surface area (Å²) in [6.45, 7) is 7.17. The molecule has 0 aromatic heterocycles. The largest absolute Gasteiger partial charge is 0.443 e. The molecule has 0 aromatic carbocycles. The molecule has 17 heavy (non-hydrogen) atoms. The minimum absolute atomic E-state index is 0.0567. The van der Waals surface area contributed by atoms with Gasteiger partial charge in [-0.2, -0.15) is 0 Å². The van der Waals surface area contributed by atoms with Gasteiger partial charge in [-0.3, -0.25) is 5.43 Å². The fourth-order valence-corrected chi connectivity index (χ4v) is 1.72. The van der Waals surface area contributed by atoms with Crippen molar-refractivity contribution in [2.75, 3.05) is 20.2 Å². The monoisotopic (exact) mass is 245 g/mol. The minimum Gasteiger partial charge on any atom is -0.443 e. The first-order valence-corrected chi connectivity index (χ1v) is 5.90. The Labute approximate surface area is 102 Å². The molecule has 0 spiro atoms. The van der Waals surface area contributed by atoms with Crippen molar-refractivity contribution in [3.05, 3.63) is 0 Å². The highest BCUT2D eigenvalue weighted by molar-refractivity contribution is 5.67. The van der Waals surface area contributed by atoms with E-state index in [0.717, 1.165) is 19.5 Å². The van der Waals surface area contributed by atoms with E-state index in [4.69, 9.17) is 9.47 Å². The Balaban J connectivity index is 2.31. The Morgan fingerprint density at radius 3 is 2.71 bits per heavy atom. The van der Waals surface area contributed by atoms with Gasteiger partial charge in [0, 0.05) is 13.7 Å². The number of piperidine rings is 1. The van der Waals surface area contributed by atoms with Gasteiger partial charge in [-0.05, 0) is 33.7 Å². The summed E-state index contributed by atoms with van der Waals surface area (Å²) in [7, 11) is 1.68. The first-order valence-electron chi connectivity index (χ1n) is 5.90. The van der Waals surface area contributed by atoms with Crippen molar-refractivity contribution < 1.29 is 14.3 Å². The van der Waals surface area contributed by atoms with Crippen LogP contribution in [0.4, 0.5) is 4.79 Å². The number of rotatable bonds is 3. The second-order valence-electron chi connectivity index (χ2n) is 5.14. The summed E-state index contributed by atoms with van der Waals surface area (Å²) < 4.78 is 10.5. The zero-order chi connectivity index (χ0) is 12.9. The summed E-state index contributed by atoms with van der Waals surface area (Å²) in [6.07, 6.45) is 0.550. The average molecular weight is 245 g/mol. The number of carbonyl (C=O) groups is 1. The Morgan fingerprint density at radius 1 is 1.41 bits per heavy atom. The number of amides is 1. The molecular formula is C11H23N3O3. The summed E-state index contributed by atoms with van der Waals surface area (Å²) in [5.41, 5.74) is 4.99. The van der Waals surface area contributed by atoms with Crippen LogP contribution in [0, 0.1) is 0 Å². The van der Waals surface area contributed by atoms with Crippen molar-refractivity contribution in [2.24, 2.45) is 0 Å². The maximum Gasteiger partial charge on any atom is 0.422 e. The predicted molar refractivity (Wildman–Crippen MR) is 64.6 cm³/mol. The van der Waals surface area contributed by atoms with Crippen molar-refractivity contribution in [3.63, 3.8) is 0 Å². The van der Waals surface area contributed by atoms with E-state index in [2.05, 4.69) is 16.2 Å². The highest BCUT2D eigenvalue weighted by Crippen LogP contribution is 2.08. The predicted octanol–water partition coefficient (Wildman–Crippen LogP) is 0.393. The molecule has 1 fully saturated rings. The second-order valence-corrected chi connectivity index (χ2v) is 5.14. The molecule has 1 rings (SSSR count). The number of carbonyl (C=O) groups excluding carboxylic acids is 1. The molecule has 1 amide bonds. The second kappa shape index (κ2) is 6.18. The fraction of sp³-hybridized carbons (Fsp3) is 0.909. The van der Waals surface area contributed by atoms with Gasteiger partial charge in [0.2, 0.25) is 0 Å².